The number of aliphatic hydroxyl groups excluding tert-OH is 1. The number of urea groups is 1. The van der Waals surface area contributed by atoms with Gasteiger partial charge in [0.1, 0.15) is 18.5 Å². The number of aliphatic imine (C=N–C) groups is 1. The molecule has 0 saturated carbocycles. The van der Waals surface area contributed by atoms with Crippen molar-refractivity contribution in [2.24, 2.45) is 10.9 Å². The second kappa shape index (κ2) is 9.33. The molecule has 1 aromatic rings. The van der Waals surface area contributed by atoms with E-state index in [1.165, 1.54) is 4.90 Å². The molecule has 3 heterocycles. The first-order valence-corrected chi connectivity index (χ1v) is 11.4. The summed E-state index contributed by atoms with van der Waals surface area (Å²) in [7, 11) is 1.62. The van der Waals surface area contributed by atoms with Crippen LogP contribution in [0.3, 0.4) is 0 Å². The number of nitrogens with one attached hydrogen (secondary N) is 1. The van der Waals surface area contributed by atoms with E-state index in [-0.39, 0.29) is 13.2 Å². The van der Waals surface area contributed by atoms with Gasteiger partial charge < -0.3 is 24.5 Å². The van der Waals surface area contributed by atoms with E-state index in [4.69, 9.17) is 32.9 Å². The lowest BCUT2D eigenvalue weighted by Crippen LogP contribution is -2.65. The molecule has 4 rings (SSSR count). The molecule has 3 aliphatic heterocycles. The Labute approximate surface area is 196 Å². The summed E-state index contributed by atoms with van der Waals surface area (Å²) in [6.45, 7) is 3.92. The number of β-amino-alcohol motifs (C(OH)–C–C–N with tert-alkyl or cyclic N) is 1. The van der Waals surface area contributed by atoms with Gasteiger partial charge >= 0.3 is 6.03 Å². The molecule has 2 saturated heterocycles. The highest BCUT2D eigenvalue weighted by Crippen LogP contribution is 2.29. The van der Waals surface area contributed by atoms with Gasteiger partial charge in [-0.1, -0.05) is 30.1 Å². The Morgan fingerprint density at radius 1 is 1.28 bits per heavy atom. The van der Waals surface area contributed by atoms with Crippen LogP contribution in [0.25, 0.3) is 0 Å². The van der Waals surface area contributed by atoms with Gasteiger partial charge in [0.25, 0.3) is 5.91 Å². The van der Waals surface area contributed by atoms with Gasteiger partial charge in [0.15, 0.2) is 18.2 Å². The first-order valence-electron chi connectivity index (χ1n) is 10.7. The van der Waals surface area contributed by atoms with Crippen LogP contribution in [0.2, 0.25) is 10.0 Å². The first kappa shape index (κ1) is 22.9. The molecule has 0 aromatic heterocycles. The molecular formula is C21H27Cl2N5O4. The van der Waals surface area contributed by atoms with Gasteiger partial charge in [-0.3, -0.25) is 10.1 Å². The predicted octanol–water partition coefficient (Wildman–Crippen LogP) is 2.01. The van der Waals surface area contributed by atoms with Crippen molar-refractivity contribution in [2.75, 3.05) is 33.3 Å². The maximum atomic E-state index is 12.7. The van der Waals surface area contributed by atoms with Gasteiger partial charge in [0, 0.05) is 25.2 Å². The minimum absolute atomic E-state index is 0.0318. The highest BCUT2D eigenvalue weighted by molar-refractivity contribution is 6.35. The normalized spacial score (nSPS) is 24.9. The van der Waals surface area contributed by atoms with Gasteiger partial charge in [0.2, 0.25) is 0 Å². The molecule has 0 spiro atoms. The summed E-state index contributed by atoms with van der Waals surface area (Å²) in [6, 6.07) is 3.68. The number of nitrogens with zero attached hydrogens (tertiary/aromatic N) is 4. The summed E-state index contributed by atoms with van der Waals surface area (Å²) in [5.41, 5.74) is 0. The van der Waals surface area contributed by atoms with Crippen molar-refractivity contribution in [1.82, 2.24) is 20.0 Å². The van der Waals surface area contributed by atoms with Crippen molar-refractivity contribution >= 4 is 41.1 Å². The van der Waals surface area contributed by atoms with Crippen LogP contribution in [0, 0.1) is 5.92 Å². The number of hydrogen-bond acceptors (Lipinski definition) is 7. The fraction of sp³-hybridized carbons (Fsp3) is 0.571. The molecule has 3 aliphatic rings. The van der Waals surface area contributed by atoms with Crippen LogP contribution < -0.4 is 10.1 Å². The number of carbonyl (C=O) groups is 2. The van der Waals surface area contributed by atoms with Crippen molar-refractivity contribution in [3.05, 3.63) is 28.2 Å². The Bertz CT molecular complexity index is 921. The molecule has 174 valence electrons. The number of ether oxygens (including phenoxy) is 1. The molecular weight excluding hydrogens is 457 g/mol. The number of rotatable bonds is 5. The van der Waals surface area contributed by atoms with E-state index < -0.39 is 30.2 Å². The van der Waals surface area contributed by atoms with Crippen LogP contribution in [0.1, 0.15) is 19.8 Å². The summed E-state index contributed by atoms with van der Waals surface area (Å²) < 4.78 is 5.67. The zero-order valence-electron chi connectivity index (χ0n) is 18.0. The van der Waals surface area contributed by atoms with E-state index in [0.717, 1.165) is 25.9 Å². The number of carbonyl (C=O) groups excluding carboxylic acids is 2. The highest BCUT2D eigenvalue weighted by Gasteiger charge is 2.50. The zero-order valence-corrected chi connectivity index (χ0v) is 19.5. The van der Waals surface area contributed by atoms with E-state index in [0.29, 0.717) is 27.7 Å². The van der Waals surface area contributed by atoms with Crippen molar-refractivity contribution in [1.29, 1.82) is 0 Å². The monoisotopic (exact) mass is 483 g/mol. The number of likely N-dealkylation sites (N-methyl/N-ethyl adjacent to an activating group) is 1. The maximum Gasteiger partial charge on any atom is 0.325 e. The lowest BCUT2D eigenvalue weighted by molar-refractivity contribution is -0.127. The van der Waals surface area contributed by atoms with Gasteiger partial charge in [0.05, 0.1) is 11.6 Å². The van der Waals surface area contributed by atoms with Crippen LogP contribution >= 0.6 is 23.2 Å². The number of guanidine groups is 1. The van der Waals surface area contributed by atoms with Gasteiger partial charge in [-0.25, -0.2) is 9.79 Å². The number of likely N-dealkylation sites (tertiary alicyclic amines) is 1. The molecule has 9 nitrogen and oxygen atoms in total. The number of amides is 3. The molecule has 32 heavy (non-hydrogen) atoms. The number of hydrogen-bond donors (Lipinski definition) is 2. The van der Waals surface area contributed by atoms with Crippen molar-refractivity contribution < 1.29 is 19.4 Å². The number of benzene rings is 1. The van der Waals surface area contributed by atoms with Crippen LogP contribution in [0.4, 0.5) is 4.79 Å². The summed E-state index contributed by atoms with van der Waals surface area (Å²) >= 11 is 12.1. The Morgan fingerprint density at radius 3 is 2.69 bits per heavy atom. The predicted molar refractivity (Wildman–Crippen MR) is 121 cm³/mol. The Balaban J connectivity index is 1.50. The van der Waals surface area contributed by atoms with E-state index in [9.17, 15) is 14.7 Å². The van der Waals surface area contributed by atoms with Crippen molar-refractivity contribution in [3.63, 3.8) is 0 Å². The Hall–Kier alpha value is -2.23. The largest absolute Gasteiger partial charge is 0.489 e. The average molecular weight is 484 g/mol. The highest BCUT2D eigenvalue weighted by atomic mass is 35.5. The second-order valence-corrected chi connectivity index (χ2v) is 9.40. The molecule has 2 N–H and O–H groups in total. The maximum absolute atomic E-state index is 12.7. The smallest absolute Gasteiger partial charge is 0.325 e. The van der Waals surface area contributed by atoms with Gasteiger partial charge in [-0.2, -0.15) is 0 Å². The molecule has 1 aromatic carbocycles. The first-order chi connectivity index (χ1) is 15.2. The third-order valence-electron chi connectivity index (χ3n) is 6.14. The summed E-state index contributed by atoms with van der Waals surface area (Å²) in [6.07, 6.45) is 0.475. The molecule has 2 fully saturated rings. The molecule has 3 atom stereocenters. The Morgan fingerprint density at radius 2 is 2.00 bits per heavy atom. The molecule has 0 bridgehead atoms. The van der Waals surface area contributed by atoms with Crippen LogP contribution in [0.15, 0.2) is 23.2 Å². The molecule has 11 heteroatoms. The summed E-state index contributed by atoms with van der Waals surface area (Å²) in [5.74, 6) is 1.25. The van der Waals surface area contributed by atoms with E-state index in [2.05, 4.69) is 17.1 Å². The third kappa shape index (κ3) is 4.60. The topological polar surface area (TPSA) is 97.7 Å². The molecule has 0 aliphatic carbocycles. The lowest BCUT2D eigenvalue weighted by Gasteiger charge is -2.39. The molecule has 3 amide bonds. The lowest BCUT2D eigenvalue weighted by atomic mass is 9.99. The average Bonchev–Trinajstić information content (AvgIpc) is 3.12. The quantitative estimate of drug-likeness (QED) is 0.664. The third-order valence-corrected chi connectivity index (χ3v) is 6.67. The Kier molecular flexibility index (Phi) is 6.69. The number of imide groups is 1. The van der Waals surface area contributed by atoms with Crippen LogP contribution in [-0.4, -0.2) is 89.3 Å². The standard InChI is InChI=1S/C21H27Cl2N5O4/c1-12-5-7-27(8-6-12)20-24-18-17(19(30)25-21(31)26(18)2)28(20)10-14(29)11-32-16-4-3-13(22)9-15(16)23/h3-4,9,12,14,17-18,29H,5-8,10-11H2,1-2H3,(H,25,30,31). The van der Waals surface area contributed by atoms with Crippen molar-refractivity contribution in [2.45, 2.75) is 38.1 Å². The number of piperidine rings is 1. The number of aliphatic hydroxyl groups is 1. The number of fused-ring (bicyclic) bond motifs is 1. The summed E-state index contributed by atoms with van der Waals surface area (Å²) in [4.78, 5) is 34.9. The zero-order chi connectivity index (χ0) is 23.0. The fourth-order valence-electron chi connectivity index (χ4n) is 4.24. The van der Waals surface area contributed by atoms with Crippen LogP contribution in [-0.2, 0) is 4.79 Å². The fourth-order valence-corrected chi connectivity index (χ4v) is 4.70. The summed E-state index contributed by atoms with van der Waals surface area (Å²) in [5, 5.41) is 14.0. The number of halogens is 2. The second-order valence-electron chi connectivity index (χ2n) is 8.55. The van der Waals surface area contributed by atoms with E-state index in [1.807, 2.05) is 0 Å². The van der Waals surface area contributed by atoms with Gasteiger partial charge in [-0.15, -0.1) is 0 Å². The van der Waals surface area contributed by atoms with E-state index in [1.54, 1.807) is 30.1 Å². The SMILES string of the molecule is CC1CCN(C2=NC3C(C(=O)NC(=O)N3C)N2CC(O)COc2ccc(Cl)cc2Cl)CC1. The molecule has 0 radical (unpaired) electrons. The van der Waals surface area contributed by atoms with Crippen molar-refractivity contribution in [3.8, 4) is 5.75 Å². The molecule has 3 unspecified atom stereocenters. The van der Waals surface area contributed by atoms with E-state index >= 15 is 0 Å². The van der Waals surface area contributed by atoms with Gasteiger partial charge in [-0.05, 0) is 37.0 Å². The van der Waals surface area contributed by atoms with Crippen LogP contribution in [0.5, 0.6) is 5.75 Å². The minimum Gasteiger partial charge on any atom is -0.489 e. The minimum atomic E-state index is -0.926.